The van der Waals surface area contributed by atoms with Crippen molar-refractivity contribution in [1.82, 2.24) is 13.9 Å². The number of sulfonamides is 1. The van der Waals surface area contributed by atoms with E-state index >= 15 is 0 Å². The van der Waals surface area contributed by atoms with Crippen molar-refractivity contribution in [3.63, 3.8) is 0 Å². The lowest BCUT2D eigenvalue weighted by molar-refractivity contribution is -0.385. The molecule has 1 fully saturated rings. The van der Waals surface area contributed by atoms with Gasteiger partial charge in [-0.1, -0.05) is 24.3 Å². The predicted molar refractivity (Wildman–Crippen MR) is 118 cm³/mol. The van der Waals surface area contributed by atoms with E-state index in [9.17, 15) is 23.3 Å². The zero-order valence-corrected chi connectivity index (χ0v) is 17.6. The van der Waals surface area contributed by atoms with E-state index in [1.165, 1.54) is 22.8 Å². The van der Waals surface area contributed by atoms with Crippen LogP contribution in [0.15, 0.2) is 71.9 Å². The van der Waals surface area contributed by atoms with Crippen molar-refractivity contribution in [2.45, 2.75) is 23.8 Å². The van der Waals surface area contributed by atoms with Gasteiger partial charge in [0.2, 0.25) is 15.9 Å². The fourth-order valence-corrected chi connectivity index (χ4v) is 6.06. The van der Waals surface area contributed by atoms with E-state index in [-0.39, 0.29) is 23.0 Å². The number of hydrogen-bond donors (Lipinski definition) is 0. The first-order valence-electron chi connectivity index (χ1n) is 10.0. The number of nitro benzene ring substituents is 1. The third-order valence-electron chi connectivity index (χ3n) is 5.82. The van der Waals surface area contributed by atoms with Crippen molar-refractivity contribution in [2.24, 2.45) is 0 Å². The van der Waals surface area contributed by atoms with Gasteiger partial charge in [-0.2, -0.15) is 4.31 Å². The molecule has 1 atom stereocenters. The molecule has 0 aliphatic carbocycles. The van der Waals surface area contributed by atoms with Crippen LogP contribution in [0, 0.1) is 10.1 Å². The molecule has 0 unspecified atom stereocenters. The van der Waals surface area contributed by atoms with Gasteiger partial charge in [-0.3, -0.25) is 24.5 Å². The van der Waals surface area contributed by atoms with E-state index in [0.717, 1.165) is 21.1 Å². The van der Waals surface area contributed by atoms with Gasteiger partial charge in [-0.15, -0.1) is 0 Å². The number of nitro groups is 1. The lowest BCUT2D eigenvalue weighted by Crippen LogP contribution is -2.42. The second-order valence-corrected chi connectivity index (χ2v) is 9.50. The zero-order valence-electron chi connectivity index (χ0n) is 16.8. The van der Waals surface area contributed by atoms with Crippen LogP contribution in [-0.4, -0.2) is 45.7 Å². The van der Waals surface area contributed by atoms with Gasteiger partial charge >= 0.3 is 0 Å². The number of benzene rings is 2. The molecule has 2 aromatic carbocycles. The lowest BCUT2D eigenvalue weighted by atomic mass is 10.2. The van der Waals surface area contributed by atoms with Crippen LogP contribution < -0.4 is 0 Å². The number of pyridine rings is 1. The number of para-hydroxylation sites is 1. The Kier molecular flexibility index (Phi) is 4.75. The van der Waals surface area contributed by atoms with E-state index in [1.807, 2.05) is 30.3 Å². The molecule has 0 amide bonds. The Hall–Kier alpha value is -3.63. The quantitative estimate of drug-likeness (QED) is 0.347. The maximum atomic E-state index is 13.7. The zero-order chi connectivity index (χ0) is 22.5. The van der Waals surface area contributed by atoms with Gasteiger partial charge < -0.3 is 0 Å². The minimum Gasteiger partial charge on any atom is -0.277 e. The van der Waals surface area contributed by atoms with Crippen LogP contribution in [0.4, 0.5) is 5.69 Å². The van der Waals surface area contributed by atoms with Gasteiger partial charge in [0, 0.05) is 35.6 Å². The normalized spacial score (nSPS) is 17.2. The van der Waals surface area contributed by atoms with E-state index in [0.29, 0.717) is 23.9 Å². The van der Waals surface area contributed by atoms with E-state index in [2.05, 4.69) is 4.98 Å². The van der Waals surface area contributed by atoms with Crippen LogP contribution >= 0.6 is 0 Å². The summed E-state index contributed by atoms with van der Waals surface area (Å²) in [6.45, 7) is 0.164. The van der Waals surface area contributed by atoms with Crippen LogP contribution in [0.2, 0.25) is 0 Å². The highest BCUT2D eigenvalue weighted by Crippen LogP contribution is 2.33. The molecule has 1 saturated heterocycles. The van der Waals surface area contributed by atoms with Crippen LogP contribution in [0.25, 0.3) is 21.8 Å². The number of fused-ring (bicyclic) bond motifs is 3. The Morgan fingerprint density at radius 2 is 1.84 bits per heavy atom. The average molecular weight is 450 g/mol. The number of non-ortho nitro benzene ring substituents is 1. The summed E-state index contributed by atoms with van der Waals surface area (Å²) in [5.74, 6) is -0.365. The molecule has 1 aliphatic rings. The molecule has 1 aliphatic heterocycles. The van der Waals surface area contributed by atoms with Gasteiger partial charge in [0.05, 0.1) is 27.0 Å². The Labute approximate surface area is 183 Å². The second kappa shape index (κ2) is 7.50. The molecule has 0 saturated carbocycles. The Bertz CT molecular complexity index is 1440. The van der Waals surface area contributed by atoms with Crippen LogP contribution in [-0.2, 0) is 10.0 Å². The smallest absolute Gasteiger partial charge is 0.270 e. The SMILES string of the molecule is O=C([C@@H]1CCCN1S(=O)(=O)c1cccc([N+](=O)[O-])c1)n1c2ccccc2c2ccncc21. The number of carbonyl (C=O) groups excluding carboxylic acids is 1. The van der Waals surface area contributed by atoms with E-state index in [4.69, 9.17) is 0 Å². The van der Waals surface area contributed by atoms with Crippen molar-refractivity contribution < 1.29 is 18.1 Å². The maximum Gasteiger partial charge on any atom is 0.270 e. The Morgan fingerprint density at radius 3 is 2.66 bits per heavy atom. The fraction of sp³-hybridized carbons (Fsp3) is 0.182. The first kappa shape index (κ1) is 20.3. The molecule has 0 spiro atoms. The van der Waals surface area contributed by atoms with Gasteiger partial charge in [0.15, 0.2) is 0 Å². The Morgan fingerprint density at radius 1 is 1.06 bits per heavy atom. The topological polar surface area (TPSA) is 115 Å². The number of rotatable bonds is 4. The molecule has 0 radical (unpaired) electrons. The molecule has 162 valence electrons. The fourth-order valence-electron chi connectivity index (χ4n) is 4.37. The van der Waals surface area contributed by atoms with Gasteiger partial charge in [0.1, 0.15) is 6.04 Å². The van der Waals surface area contributed by atoms with Crippen molar-refractivity contribution in [3.05, 3.63) is 77.1 Å². The lowest BCUT2D eigenvalue weighted by Gasteiger charge is -2.23. The summed E-state index contributed by atoms with van der Waals surface area (Å²) in [6, 6.07) is 13.2. The molecule has 0 bridgehead atoms. The number of hydrogen-bond acceptors (Lipinski definition) is 6. The molecular formula is C22H18N4O5S. The Balaban J connectivity index is 1.61. The van der Waals surface area contributed by atoms with Crippen molar-refractivity contribution in [1.29, 1.82) is 0 Å². The molecular weight excluding hydrogens is 432 g/mol. The molecule has 4 aromatic rings. The minimum atomic E-state index is -4.11. The number of carbonyl (C=O) groups is 1. The van der Waals surface area contributed by atoms with Gasteiger partial charge in [0.25, 0.3) is 5.69 Å². The first-order chi connectivity index (χ1) is 15.4. The van der Waals surface area contributed by atoms with Gasteiger partial charge in [-0.25, -0.2) is 8.42 Å². The van der Waals surface area contributed by atoms with Crippen molar-refractivity contribution in [3.8, 4) is 0 Å². The van der Waals surface area contributed by atoms with Crippen molar-refractivity contribution in [2.75, 3.05) is 6.54 Å². The highest BCUT2D eigenvalue weighted by atomic mass is 32.2. The second-order valence-electron chi connectivity index (χ2n) is 7.61. The van der Waals surface area contributed by atoms with E-state index < -0.39 is 21.0 Å². The monoisotopic (exact) mass is 450 g/mol. The summed E-state index contributed by atoms with van der Waals surface area (Å²) in [6.07, 6.45) is 4.13. The third kappa shape index (κ3) is 3.07. The summed E-state index contributed by atoms with van der Waals surface area (Å²) in [4.78, 5) is 28.1. The number of nitrogens with zero attached hydrogens (tertiary/aromatic N) is 4. The van der Waals surface area contributed by atoms with Crippen molar-refractivity contribution >= 4 is 43.4 Å². The summed E-state index contributed by atoms with van der Waals surface area (Å²) >= 11 is 0. The predicted octanol–water partition coefficient (Wildman–Crippen LogP) is 3.59. The molecule has 10 heteroatoms. The average Bonchev–Trinajstić information content (AvgIpc) is 3.43. The third-order valence-corrected chi connectivity index (χ3v) is 7.72. The standard InChI is InChI=1S/C22H18N4O5S/c27-22(25-19-8-2-1-7-17(19)18-10-11-23-14-21(18)25)20-9-4-12-24(20)32(30,31)16-6-3-5-15(13-16)26(28)29/h1-3,5-8,10-11,13-14,20H,4,9,12H2/t20-/m0/s1. The van der Waals surface area contributed by atoms with Crippen LogP contribution in [0.3, 0.4) is 0 Å². The molecule has 32 heavy (non-hydrogen) atoms. The van der Waals surface area contributed by atoms with Crippen LogP contribution in [0.1, 0.15) is 17.6 Å². The molecule has 5 rings (SSSR count). The summed E-state index contributed by atoms with van der Waals surface area (Å²) in [5, 5.41) is 12.8. The van der Waals surface area contributed by atoms with E-state index in [1.54, 1.807) is 12.4 Å². The minimum absolute atomic E-state index is 0.164. The van der Waals surface area contributed by atoms with Gasteiger partial charge in [-0.05, 0) is 31.0 Å². The molecule has 3 heterocycles. The van der Waals surface area contributed by atoms with Crippen LogP contribution in [0.5, 0.6) is 0 Å². The highest BCUT2D eigenvalue weighted by Gasteiger charge is 2.41. The summed E-state index contributed by atoms with van der Waals surface area (Å²) in [5.41, 5.74) is 0.972. The number of aromatic nitrogens is 2. The molecule has 9 nitrogen and oxygen atoms in total. The summed E-state index contributed by atoms with van der Waals surface area (Å²) in [7, 11) is -4.11. The first-order valence-corrected chi connectivity index (χ1v) is 11.5. The largest absolute Gasteiger partial charge is 0.277 e. The summed E-state index contributed by atoms with van der Waals surface area (Å²) < 4.78 is 29.4. The maximum absolute atomic E-state index is 13.7. The molecule has 0 N–H and O–H groups in total. The highest BCUT2D eigenvalue weighted by molar-refractivity contribution is 7.89. The molecule has 2 aromatic heterocycles.